The van der Waals surface area contributed by atoms with Crippen LogP contribution in [0, 0.1) is 11.8 Å². The minimum absolute atomic E-state index is 1.10. The fourth-order valence-electron chi connectivity index (χ4n) is 2.04. The van der Waals surface area contributed by atoms with Crippen LogP contribution in [0.4, 0.5) is 0 Å². The predicted molar refractivity (Wildman–Crippen MR) is 83.7 cm³/mol. The second kappa shape index (κ2) is 16.3. The molecule has 0 heterocycles. The molecular formula is C18H32. The van der Waals surface area contributed by atoms with Gasteiger partial charge in [-0.1, -0.05) is 64.0 Å². The lowest BCUT2D eigenvalue weighted by atomic mass is 10.1. The molecule has 0 unspecified atom stereocenters. The smallest absolute Gasteiger partial charge is 0.00885 e. The van der Waals surface area contributed by atoms with Gasteiger partial charge in [-0.25, -0.2) is 0 Å². The molecule has 0 saturated heterocycles. The highest BCUT2D eigenvalue weighted by Crippen LogP contribution is 2.10. The third-order valence-corrected chi connectivity index (χ3v) is 3.24. The zero-order valence-corrected chi connectivity index (χ0v) is 12.6. The van der Waals surface area contributed by atoms with Gasteiger partial charge in [0.25, 0.3) is 0 Å². The Morgan fingerprint density at radius 2 is 1.28 bits per heavy atom. The fraction of sp³-hybridized carbons (Fsp3) is 0.778. The van der Waals surface area contributed by atoms with Crippen molar-refractivity contribution in [2.75, 3.05) is 0 Å². The lowest BCUT2D eigenvalue weighted by molar-refractivity contribution is 0.585. The van der Waals surface area contributed by atoms with Crippen LogP contribution in [0.2, 0.25) is 0 Å². The molecule has 0 aliphatic carbocycles. The van der Waals surface area contributed by atoms with Crippen molar-refractivity contribution in [2.24, 2.45) is 0 Å². The highest BCUT2D eigenvalue weighted by Gasteiger charge is 1.90. The summed E-state index contributed by atoms with van der Waals surface area (Å²) in [5.41, 5.74) is 0. The van der Waals surface area contributed by atoms with Gasteiger partial charge in [-0.2, -0.15) is 0 Å². The van der Waals surface area contributed by atoms with Gasteiger partial charge < -0.3 is 0 Å². The van der Waals surface area contributed by atoms with Gasteiger partial charge in [0.2, 0.25) is 0 Å². The highest BCUT2D eigenvalue weighted by atomic mass is 14.0. The summed E-state index contributed by atoms with van der Waals surface area (Å²) < 4.78 is 0. The van der Waals surface area contributed by atoms with Crippen LogP contribution >= 0.6 is 0 Å². The molecule has 0 saturated carbocycles. The summed E-state index contributed by atoms with van der Waals surface area (Å²) in [6.45, 7) is 4.18. The number of hydrogen-bond acceptors (Lipinski definition) is 0. The molecule has 0 radical (unpaired) electrons. The van der Waals surface area contributed by atoms with E-state index >= 15 is 0 Å². The van der Waals surface area contributed by atoms with Gasteiger partial charge in [-0.05, 0) is 32.6 Å². The van der Waals surface area contributed by atoms with Gasteiger partial charge in [-0.15, -0.1) is 11.8 Å². The predicted octanol–water partition coefficient (Wildman–Crippen LogP) is 6.27. The lowest BCUT2D eigenvalue weighted by Gasteiger charge is -1.99. The van der Waals surface area contributed by atoms with Crippen molar-refractivity contribution in [1.29, 1.82) is 0 Å². The summed E-state index contributed by atoms with van der Waals surface area (Å²) in [4.78, 5) is 0. The van der Waals surface area contributed by atoms with Gasteiger partial charge in [0.1, 0.15) is 0 Å². The Balaban J connectivity index is 3.02. The summed E-state index contributed by atoms with van der Waals surface area (Å²) in [7, 11) is 0. The number of rotatable bonds is 12. The topological polar surface area (TPSA) is 0 Å². The monoisotopic (exact) mass is 248 g/mol. The van der Waals surface area contributed by atoms with Gasteiger partial charge >= 0.3 is 0 Å². The van der Waals surface area contributed by atoms with E-state index in [-0.39, 0.29) is 0 Å². The van der Waals surface area contributed by atoms with Crippen molar-refractivity contribution in [3.8, 4) is 11.8 Å². The Morgan fingerprint density at radius 1 is 0.722 bits per heavy atom. The third-order valence-electron chi connectivity index (χ3n) is 3.24. The van der Waals surface area contributed by atoms with Gasteiger partial charge in [0, 0.05) is 6.42 Å². The molecule has 0 aromatic carbocycles. The Morgan fingerprint density at radius 3 is 1.89 bits per heavy atom. The molecule has 0 aliphatic heterocycles. The first kappa shape index (κ1) is 17.3. The summed E-state index contributed by atoms with van der Waals surface area (Å²) >= 11 is 0. The molecule has 0 bridgehead atoms. The van der Waals surface area contributed by atoms with Crippen LogP contribution < -0.4 is 0 Å². The van der Waals surface area contributed by atoms with Gasteiger partial charge in [0.15, 0.2) is 0 Å². The minimum atomic E-state index is 1.10. The molecule has 0 atom stereocenters. The highest BCUT2D eigenvalue weighted by molar-refractivity contribution is 4.94. The Labute approximate surface area is 115 Å². The second-order valence-corrected chi connectivity index (χ2v) is 5.05. The van der Waals surface area contributed by atoms with Crippen LogP contribution in [0.15, 0.2) is 12.2 Å². The van der Waals surface area contributed by atoms with E-state index in [1.165, 1.54) is 70.6 Å². The van der Waals surface area contributed by atoms with Crippen molar-refractivity contribution in [3.63, 3.8) is 0 Å². The summed E-state index contributed by atoms with van der Waals surface area (Å²) in [6, 6.07) is 0. The minimum Gasteiger partial charge on any atom is -0.107 e. The van der Waals surface area contributed by atoms with Crippen LogP contribution in [-0.4, -0.2) is 0 Å². The molecular weight excluding hydrogens is 216 g/mol. The van der Waals surface area contributed by atoms with Crippen LogP contribution in [0.25, 0.3) is 0 Å². The first-order valence-electron chi connectivity index (χ1n) is 7.96. The molecule has 0 heteroatoms. The first-order chi connectivity index (χ1) is 8.91. The van der Waals surface area contributed by atoms with Crippen molar-refractivity contribution < 1.29 is 0 Å². The maximum atomic E-state index is 3.13. The summed E-state index contributed by atoms with van der Waals surface area (Å²) in [6.07, 6.45) is 20.7. The fourth-order valence-corrected chi connectivity index (χ4v) is 2.04. The van der Waals surface area contributed by atoms with Crippen LogP contribution in [0.3, 0.4) is 0 Å². The van der Waals surface area contributed by atoms with E-state index in [1.807, 2.05) is 6.92 Å². The summed E-state index contributed by atoms with van der Waals surface area (Å²) in [5.74, 6) is 6.08. The van der Waals surface area contributed by atoms with Crippen LogP contribution in [-0.2, 0) is 0 Å². The summed E-state index contributed by atoms with van der Waals surface area (Å²) in [5, 5.41) is 0. The molecule has 0 N–H and O–H groups in total. The van der Waals surface area contributed by atoms with Crippen molar-refractivity contribution in [1.82, 2.24) is 0 Å². The third kappa shape index (κ3) is 15.3. The van der Waals surface area contributed by atoms with Crippen molar-refractivity contribution in [3.05, 3.63) is 12.2 Å². The van der Waals surface area contributed by atoms with E-state index in [4.69, 9.17) is 0 Å². The van der Waals surface area contributed by atoms with Crippen molar-refractivity contribution >= 4 is 0 Å². The van der Waals surface area contributed by atoms with Crippen LogP contribution in [0.5, 0.6) is 0 Å². The van der Waals surface area contributed by atoms with E-state index in [2.05, 4.69) is 30.9 Å². The number of allylic oxidation sites excluding steroid dienone is 2. The zero-order valence-electron chi connectivity index (χ0n) is 12.6. The number of hydrogen-bond donors (Lipinski definition) is 0. The molecule has 18 heavy (non-hydrogen) atoms. The molecule has 0 spiro atoms. The largest absolute Gasteiger partial charge is 0.107 e. The maximum Gasteiger partial charge on any atom is 0.00885 e. The molecule has 104 valence electrons. The Kier molecular flexibility index (Phi) is 15.7. The maximum absolute atomic E-state index is 3.13. The van der Waals surface area contributed by atoms with E-state index < -0.39 is 0 Å². The zero-order chi connectivity index (χ0) is 13.3. The molecule has 0 rings (SSSR count). The molecule has 0 amide bonds. The molecule has 0 fully saturated rings. The molecule has 0 aromatic heterocycles. The quantitative estimate of drug-likeness (QED) is 0.217. The first-order valence-corrected chi connectivity index (χ1v) is 7.96. The van der Waals surface area contributed by atoms with Gasteiger partial charge in [-0.3, -0.25) is 0 Å². The van der Waals surface area contributed by atoms with E-state index in [1.54, 1.807) is 0 Å². The van der Waals surface area contributed by atoms with Crippen LogP contribution in [0.1, 0.15) is 90.9 Å². The van der Waals surface area contributed by atoms with E-state index in [0.717, 1.165) is 6.42 Å². The second-order valence-electron chi connectivity index (χ2n) is 5.05. The standard InChI is InChI=1S/C18H32/c1-3-5-7-9-11-13-15-17-18-16-14-12-10-8-6-4-2/h9,11H,3,5,7-8,10,12-18H2,1-2H3/b11-9-. The molecule has 0 nitrogen and oxygen atoms in total. The van der Waals surface area contributed by atoms with Crippen molar-refractivity contribution in [2.45, 2.75) is 90.9 Å². The SMILES string of the molecule is CC#CCCCCCCCCC/C=C\CCCC. The number of unbranched alkanes of at least 4 members (excludes halogenated alkanes) is 10. The van der Waals surface area contributed by atoms with E-state index in [0.29, 0.717) is 0 Å². The normalized spacial score (nSPS) is 10.6. The van der Waals surface area contributed by atoms with E-state index in [9.17, 15) is 0 Å². The lowest BCUT2D eigenvalue weighted by Crippen LogP contribution is -1.80. The average Bonchev–Trinajstić information content (AvgIpc) is 2.39. The molecule has 0 aliphatic rings. The Bertz CT molecular complexity index is 226. The Hall–Kier alpha value is -0.700. The van der Waals surface area contributed by atoms with Gasteiger partial charge in [0.05, 0.1) is 0 Å². The average molecular weight is 248 g/mol. The molecule has 0 aromatic rings.